The zero-order valence-corrected chi connectivity index (χ0v) is 17.8. The molecule has 0 aliphatic carbocycles. The summed E-state index contributed by atoms with van der Waals surface area (Å²) in [5, 5.41) is 7.74. The zero-order valence-electron chi connectivity index (χ0n) is 17.8. The highest BCUT2D eigenvalue weighted by Crippen LogP contribution is 2.36. The maximum absolute atomic E-state index is 14.8. The van der Waals surface area contributed by atoms with Gasteiger partial charge in [-0.3, -0.25) is 9.78 Å². The molecular formula is C25H22FN3O3. The standard InChI is InChI=1S/C25H22FN3O3/c1-14-21(15(2)32-29-14)11-24(30)28-13-20-9-18-8-17(10-22(26)25(18)31-20)19-7-16-5-3-4-6-23(16)27-12-19/h3-8,10,12,20H,9,11,13H2,1-2H3,(H,28,30). The lowest BCUT2D eigenvalue weighted by Gasteiger charge is -2.12. The number of halogens is 1. The van der Waals surface area contributed by atoms with E-state index in [4.69, 9.17) is 9.26 Å². The summed E-state index contributed by atoms with van der Waals surface area (Å²) >= 11 is 0. The fourth-order valence-corrected chi connectivity index (χ4v) is 4.10. The van der Waals surface area contributed by atoms with Crippen LogP contribution in [-0.4, -0.2) is 28.7 Å². The van der Waals surface area contributed by atoms with Gasteiger partial charge in [-0.1, -0.05) is 23.4 Å². The van der Waals surface area contributed by atoms with Gasteiger partial charge in [0.25, 0.3) is 0 Å². The highest BCUT2D eigenvalue weighted by Gasteiger charge is 2.27. The predicted octanol–water partition coefficient (Wildman–Crippen LogP) is 4.31. The molecule has 1 atom stereocenters. The first-order valence-electron chi connectivity index (χ1n) is 10.5. The van der Waals surface area contributed by atoms with Crippen molar-refractivity contribution in [1.29, 1.82) is 0 Å². The number of hydrogen-bond donors (Lipinski definition) is 1. The number of para-hydroxylation sites is 1. The fraction of sp³-hybridized carbons (Fsp3) is 0.240. The maximum atomic E-state index is 14.8. The molecule has 1 aliphatic rings. The predicted molar refractivity (Wildman–Crippen MR) is 118 cm³/mol. The number of amides is 1. The van der Waals surface area contributed by atoms with Gasteiger partial charge in [-0.25, -0.2) is 4.39 Å². The summed E-state index contributed by atoms with van der Waals surface area (Å²) in [6.45, 7) is 3.88. The minimum Gasteiger partial charge on any atom is -0.485 e. The van der Waals surface area contributed by atoms with Crippen molar-refractivity contribution in [3.63, 3.8) is 0 Å². The third kappa shape index (κ3) is 3.82. The molecule has 0 radical (unpaired) electrons. The Kier molecular flexibility index (Phi) is 5.09. The van der Waals surface area contributed by atoms with E-state index in [1.807, 2.05) is 36.4 Å². The average molecular weight is 431 g/mol. The first-order chi connectivity index (χ1) is 15.5. The van der Waals surface area contributed by atoms with Crippen molar-refractivity contribution in [2.75, 3.05) is 6.54 Å². The molecule has 4 aromatic rings. The van der Waals surface area contributed by atoms with Crippen molar-refractivity contribution in [3.8, 4) is 16.9 Å². The highest BCUT2D eigenvalue weighted by atomic mass is 19.1. The molecule has 1 unspecified atom stereocenters. The smallest absolute Gasteiger partial charge is 0.224 e. The van der Waals surface area contributed by atoms with E-state index in [2.05, 4.69) is 15.5 Å². The molecule has 0 fully saturated rings. The number of nitrogens with one attached hydrogen (secondary N) is 1. The molecule has 0 saturated heterocycles. The number of carbonyl (C=O) groups excluding carboxylic acids is 1. The number of aryl methyl sites for hydroxylation is 2. The van der Waals surface area contributed by atoms with Crippen LogP contribution < -0.4 is 10.1 Å². The third-order valence-corrected chi connectivity index (χ3v) is 5.82. The van der Waals surface area contributed by atoms with Crippen LogP contribution in [0.1, 0.15) is 22.6 Å². The van der Waals surface area contributed by atoms with Crippen molar-refractivity contribution < 1.29 is 18.4 Å². The molecule has 0 spiro atoms. The molecular weight excluding hydrogens is 409 g/mol. The van der Waals surface area contributed by atoms with E-state index in [9.17, 15) is 9.18 Å². The van der Waals surface area contributed by atoms with Gasteiger partial charge in [0.05, 0.1) is 24.2 Å². The first-order valence-corrected chi connectivity index (χ1v) is 10.5. The topological polar surface area (TPSA) is 77.3 Å². The Balaban J connectivity index is 1.28. The van der Waals surface area contributed by atoms with E-state index in [1.165, 1.54) is 6.07 Å². The largest absolute Gasteiger partial charge is 0.485 e. The summed E-state index contributed by atoms with van der Waals surface area (Å²) in [4.78, 5) is 16.8. The third-order valence-electron chi connectivity index (χ3n) is 5.82. The quantitative estimate of drug-likeness (QED) is 0.510. The Labute approximate surface area is 184 Å². The second-order valence-electron chi connectivity index (χ2n) is 8.09. The summed E-state index contributed by atoms with van der Waals surface area (Å²) < 4.78 is 25.7. The zero-order chi connectivity index (χ0) is 22.2. The number of rotatable bonds is 5. The monoisotopic (exact) mass is 431 g/mol. The second kappa shape index (κ2) is 8.07. The van der Waals surface area contributed by atoms with E-state index < -0.39 is 5.82 Å². The van der Waals surface area contributed by atoms with E-state index >= 15 is 0 Å². The Morgan fingerprint density at radius 1 is 1.19 bits per heavy atom. The van der Waals surface area contributed by atoms with Crippen LogP contribution in [0.15, 0.2) is 53.2 Å². The van der Waals surface area contributed by atoms with Gasteiger partial charge >= 0.3 is 0 Å². The van der Waals surface area contributed by atoms with E-state index in [-0.39, 0.29) is 24.2 Å². The van der Waals surface area contributed by atoms with Crippen molar-refractivity contribution in [2.24, 2.45) is 0 Å². The van der Waals surface area contributed by atoms with Gasteiger partial charge in [0.1, 0.15) is 11.9 Å². The van der Waals surface area contributed by atoms with Crippen molar-refractivity contribution in [3.05, 3.63) is 77.1 Å². The fourth-order valence-electron chi connectivity index (χ4n) is 4.10. The Morgan fingerprint density at radius 2 is 2.03 bits per heavy atom. The SMILES string of the molecule is Cc1noc(C)c1CC(=O)NCC1Cc2cc(-c3cnc4ccccc4c3)cc(F)c2O1. The molecule has 32 heavy (non-hydrogen) atoms. The van der Waals surface area contributed by atoms with Gasteiger partial charge in [-0.2, -0.15) is 0 Å². The number of benzene rings is 2. The number of pyridine rings is 1. The highest BCUT2D eigenvalue weighted by molar-refractivity contribution is 5.83. The molecule has 3 heterocycles. The minimum atomic E-state index is -0.407. The van der Waals surface area contributed by atoms with Crippen LogP contribution in [-0.2, 0) is 17.6 Å². The lowest BCUT2D eigenvalue weighted by atomic mass is 10.0. The van der Waals surface area contributed by atoms with Gasteiger partial charge in [0.2, 0.25) is 5.91 Å². The molecule has 7 heteroatoms. The van der Waals surface area contributed by atoms with Crippen molar-refractivity contribution in [2.45, 2.75) is 32.8 Å². The Morgan fingerprint density at radius 3 is 2.84 bits per heavy atom. The lowest BCUT2D eigenvalue weighted by molar-refractivity contribution is -0.120. The van der Waals surface area contributed by atoms with Crippen LogP contribution in [0.2, 0.25) is 0 Å². The maximum Gasteiger partial charge on any atom is 0.224 e. The van der Waals surface area contributed by atoms with Crippen molar-refractivity contribution in [1.82, 2.24) is 15.5 Å². The van der Waals surface area contributed by atoms with Crippen LogP contribution in [0.25, 0.3) is 22.0 Å². The van der Waals surface area contributed by atoms with Crippen LogP contribution in [0.3, 0.4) is 0 Å². The summed E-state index contributed by atoms with van der Waals surface area (Å²) in [6, 6.07) is 13.2. The van der Waals surface area contributed by atoms with Crippen molar-refractivity contribution >= 4 is 16.8 Å². The average Bonchev–Trinajstić information content (AvgIpc) is 3.36. The molecule has 2 aromatic heterocycles. The van der Waals surface area contributed by atoms with Gasteiger partial charge in [-0.15, -0.1) is 0 Å². The number of hydrogen-bond acceptors (Lipinski definition) is 5. The molecule has 1 aliphatic heterocycles. The van der Waals surface area contributed by atoms with Crippen LogP contribution >= 0.6 is 0 Å². The number of ether oxygens (including phenoxy) is 1. The van der Waals surface area contributed by atoms with Gasteiger partial charge < -0.3 is 14.6 Å². The molecule has 162 valence electrons. The van der Waals surface area contributed by atoms with Gasteiger partial charge in [-0.05, 0) is 43.7 Å². The number of aromatic nitrogens is 2. The first kappa shape index (κ1) is 20.2. The molecule has 6 nitrogen and oxygen atoms in total. The summed E-state index contributed by atoms with van der Waals surface area (Å²) in [7, 11) is 0. The van der Waals surface area contributed by atoms with Crippen LogP contribution in [0, 0.1) is 19.7 Å². The lowest BCUT2D eigenvalue weighted by Crippen LogP contribution is -2.35. The molecule has 2 aromatic carbocycles. The van der Waals surface area contributed by atoms with Gasteiger partial charge in [0, 0.05) is 34.7 Å². The normalized spacial score (nSPS) is 14.9. The minimum absolute atomic E-state index is 0.151. The second-order valence-corrected chi connectivity index (χ2v) is 8.09. The summed E-state index contributed by atoms with van der Waals surface area (Å²) in [5.41, 5.74) is 4.79. The molecule has 0 saturated carbocycles. The molecule has 1 amide bonds. The molecule has 1 N–H and O–H groups in total. The number of carbonyl (C=O) groups is 1. The van der Waals surface area contributed by atoms with E-state index in [0.717, 1.165) is 33.2 Å². The molecule has 0 bridgehead atoms. The molecule has 5 rings (SSSR count). The van der Waals surface area contributed by atoms with E-state index in [0.29, 0.717) is 24.4 Å². The van der Waals surface area contributed by atoms with Gasteiger partial charge in [0.15, 0.2) is 11.6 Å². The number of fused-ring (bicyclic) bond motifs is 2. The van der Waals surface area contributed by atoms with Crippen LogP contribution in [0.4, 0.5) is 4.39 Å². The van der Waals surface area contributed by atoms with E-state index in [1.54, 1.807) is 20.0 Å². The Bertz CT molecular complexity index is 1310. The Hall–Kier alpha value is -3.74. The number of nitrogens with zero attached hydrogens (tertiary/aromatic N) is 2. The summed E-state index contributed by atoms with van der Waals surface area (Å²) in [6.07, 6.45) is 2.14. The summed E-state index contributed by atoms with van der Waals surface area (Å²) in [5.74, 6) is 0.338. The van der Waals surface area contributed by atoms with Crippen LogP contribution in [0.5, 0.6) is 5.75 Å².